The molecule has 1 atom stereocenters. The minimum atomic E-state index is -0.164. The van der Waals surface area contributed by atoms with Crippen LogP contribution in [-0.2, 0) is 0 Å². The van der Waals surface area contributed by atoms with Gasteiger partial charge < -0.3 is 11.1 Å². The van der Waals surface area contributed by atoms with Crippen molar-refractivity contribution >= 4 is 11.7 Å². The molecule has 0 aliphatic rings. The van der Waals surface area contributed by atoms with Gasteiger partial charge in [0.2, 0.25) is 0 Å². The van der Waals surface area contributed by atoms with Crippen molar-refractivity contribution in [1.29, 1.82) is 0 Å². The highest BCUT2D eigenvalue weighted by Gasteiger charge is 2.07. The normalized spacial score (nSPS) is 12.1. The molecule has 0 aliphatic heterocycles. The summed E-state index contributed by atoms with van der Waals surface area (Å²) in [4.78, 5) is 15.5. The van der Waals surface area contributed by atoms with Crippen molar-refractivity contribution in [3.05, 3.63) is 23.9 Å². The van der Waals surface area contributed by atoms with Crippen LogP contribution in [0.5, 0.6) is 0 Å². The van der Waals surface area contributed by atoms with Gasteiger partial charge in [-0.1, -0.05) is 26.3 Å². The first-order chi connectivity index (χ1) is 7.13. The summed E-state index contributed by atoms with van der Waals surface area (Å²) in [6.45, 7) is 4.86. The molecular formula is C11H17N3O. The van der Waals surface area contributed by atoms with Crippen LogP contribution < -0.4 is 11.1 Å². The standard InChI is InChI=1S/C11H17N3O/c1-3-8(2)7-13-11(15)9-5-4-6-10(12)14-9/h4-6,8H,3,7H2,1-2H3,(H2,12,14)(H,13,15). The van der Waals surface area contributed by atoms with Crippen LogP contribution in [0.25, 0.3) is 0 Å². The van der Waals surface area contributed by atoms with Gasteiger partial charge in [0.15, 0.2) is 0 Å². The molecule has 0 saturated heterocycles. The Labute approximate surface area is 89.9 Å². The van der Waals surface area contributed by atoms with Crippen LogP contribution in [-0.4, -0.2) is 17.4 Å². The van der Waals surface area contributed by atoms with Crippen LogP contribution >= 0.6 is 0 Å². The maximum atomic E-state index is 11.6. The van der Waals surface area contributed by atoms with Gasteiger partial charge in [0.05, 0.1) is 0 Å². The van der Waals surface area contributed by atoms with Gasteiger partial charge >= 0.3 is 0 Å². The van der Waals surface area contributed by atoms with Crippen molar-refractivity contribution in [2.75, 3.05) is 12.3 Å². The molecule has 82 valence electrons. The first-order valence-corrected chi connectivity index (χ1v) is 5.14. The lowest BCUT2D eigenvalue weighted by atomic mass is 10.1. The Hall–Kier alpha value is -1.58. The smallest absolute Gasteiger partial charge is 0.269 e. The summed E-state index contributed by atoms with van der Waals surface area (Å²) >= 11 is 0. The van der Waals surface area contributed by atoms with Crippen molar-refractivity contribution in [2.45, 2.75) is 20.3 Å². The van der Waals surface area contributed by atoms with Crippen molar-refractivity contribution in [3.63, 3.8) is 0 Å². The maximum absolute atomic E-state index is 11.6. The molecule has 1 aromatic heterocycles. The van der Waals surface area contributed by atoms with Crippen molar-refractivity contribution < 1.29 is 4.79 Å². The fourth-order valence-corrected chi connectivity index (χ4v) is 1.08. The van der Waals surface area contributed by atoms with Crippen LogP contribution in [0.1, 0.15) is 30.8 Å². The van der Waals surface area contributed by atoms with E-state index in [9.17, 15) is 4.79 Å². The summed E-state index contributed by atoms with van der Waals surface area (Å²) in [7, 11) is 0. The van der Waals surface area contributed by atoms with E-state index in [2.05, 4.69) is 24.1 Å². The number of anilines is 1. The number of hydrogen-bond donors (Lipinski definition) is 2. The zero-order chi connectivity index (χ0) is 11.3. The Morgan fingerprint density at radius 3 is 2.93 bits per heavy atom. The highest BCUT2D eigenvalue weighted by Crippen LogP contribution is 2.02. The fraction of sp³-hybridized carbons (Fsp3) is 0.455. The number of carbonyl (C=O) groups excluding carboxylic acids is 1. The second kappa shape index (κ2) is 5.34. The summed E-state index contributed by atoms with van der Waals surface area (Å²) < 4.78 is 0. The predicted octanol–water partition coefficient (Wildman–Crippen LogP) is 1.44. The van der Waals surface area contributed by atoms with Crippen LogP contribution in [0.4, 0.5) is 5.82 Å². The number of hydrogen-bond acceptors (Lipinski definition) is 3. The quantitative estimate of drug-likeness (QED) is 0.785. The van der Waals surface area contributed by atoms with Crippen molar-refractivity contribution in [3.8, 4) is 0 Å². The zero-order valence-electron chi connectivity index (χ0n) is 9.16. The third-order valence-electron chi connectivity index (χ3n) is 2.31. The summed E-state index contributed by atoms with van der Waals surface area (Å²) in [5.74, 6) is 0.684. The second-order valence-electron chi connectivity index (χ2n) is 3.67. The molecule has 1 aromatic rings. The number of pyridine rings is 1. The zero-order valence-corrected chi connectivity index (χ0v) is 9.16. The fourth-order valence-electron chi connectivity index (χ4n) is 1.08. The average molecular weight is 207 g/mol. The summed E-state index contributed by atoms with van der Waals surface area (Å²) in [5.41, 5.74) is 5.86. The second-order valence-corrected chi connectivity index (χ2v) is 3.67. The molecule has 0 fully saturated rings. The van der Waals surface area contributed by atoms with E-state index in [1.807, 2.05) is 0 Å². The van der Waals surface area contributed by atoms with E-state index in [1.54, 1.807) is 18.2 Å². The summed E-state index contributed by atoms with van der Waals surface area (Å²) in [6.07, 6.45) is 1.05. The van der Waals surface area contributed by atoms with E-state index >= 15 is 0 Å². The average Bonchev–Trinajstić information content (AvgIpc) is 2.25. The number of rotatable bonds is 4. The van der Waals surface area contributed by atoms with Gasteiger partial charge in [-0.15, -0.1) is 0 Å². The summed E-state index contributed by atoms with van der Waals surface area (Å²) in [5, 5.41) is 2.82. The molecule has 1 amide bonds. The first-order valence-electron chi connectivity index (χ1n) is 5.14. The number of nitrogen functional groups attached to an aromatic ring is 1. The van der Waals surface area contributed by atoms with Gasteiger partial charge in [0, 0.05) is 6.54 Å². The minimum absolute atomic E-state index is 0.164. The van der Waals surface area contributed by atoms with Gasteiger partial charge in [0.1, 0.15) is 11.5 Å². The maximum Gasteiger partial charge on any atom is 0.269 e. The van der Waals surface area contributed by atoms with E-state index in [-0.39, 0.29) is 5.91 Å². The number of aromatic nitrogens is 1. The Morgan fingerprint density at radius 1 is 1.60 bits per heavy atom. The van der Waals surface area contributed by atoms with E-state index in [0.717, 1.165) is 6.42 Å². The van der Waals surface area contributed by atoms with Gasteiger partial charge in [-0.2, -0.15) is 0 Å². The molecule has 0 radical (unpaired) electrons. The molecule has 0 saturated carbocycles. The summed E-state index contributed by atoms with van der Waals surface area (Å²) in [6, 6.07) is 5.04. The Balaban J connectivity index is 2.54. The number of nitrogens with two attached hydrogens (primary N) is 1. The van der Waals surface area contributed by atoms with E-state index in [0.29, 0.717) is 24.0 Å². The third-order valence-corrected chi connectivity index (χ3v) is 2.31. The monoisotopic (exact) mass is 207 g/mol. The number of carbonyl (C=O) groups is 1. The lowest BCUT2D eigenvalue weighted by Crippen LogP contribution is -2.28. The molecule has 0 aliphatic carbocycles. The number of nitrogens with one attached hydrogen (secondary N) is 1. The molecular weight excluding hydrogens is 190 g/mol. The van der Waals surface area contributed by atoms with E-state index in [4.69, 9.17) is 5.73 Å². The van der Waals surface area contributed by atoms with Gasteiger partial charge in [-0.05, 0) is 18.1 Å². The van der Waals surface area contributed by atoms with Crippen LogP contribution in [0.2, 0.25) is 0 Å². The van der Waals surface area contributed by atoms with Crippen molar-refractivity contribution in [1.82, 2.24) is 10.3 Å². The van der Waals surface area contributed by atoms with Crippen LogP contribution in [0, 0.1) is 5.92 Å². The number of nitrogens with zero attached hydrogens (tertiary/aromatic N) is 1. The van der Waals surface area contributed by atoms with E-state index < -0.39 is 0 Å². The van der Waals surface area contributed by atoms with Gasteiger partial charge in [-0.3, -0.25) is 4.79 Å². The predicted molar refractivity (Wildman–Crippen MR) is 60.4 cm³/mol. The van der Waals surface area contributed by atoms with E-state index in [1.165, 1.54) is 0 Å². The van der Waals surface area contributed by atoms with Crippen LogP contribution in [0.15, 0.2) is 18.2 Å². The lowest BCUT2D eigenvalue weighted by molar-refractivity contribution is 0.0943. The molecule has 15 heavy (non-hydrogen) atoms. The highest BCUT2D eigenvalue weighted by molar-refractivity contribution is 5.92. The Morgan fingerprint density at radius 2 is 2.33 bits per heavy atom. The molecule has 1 heterocycles. The number of amides is 1. The molecule has 1 unspecified atom stereocenters. The molecule has 0 aromatic carbocycles. The van der Waals surface area contributed by atoms with Gasteiger partial charge in [0.25, 0.3) is 5.91 Å². The molecule has 0 spiro atoms. The first kappa shape index (κ1) is 11.5. The van der Waals surface area contributed by atoms with Crippen LogP contribution in [0.3, 0.4) is 0 Å². The van der Waals surface area contributed by atoms with Crippen molar-refractivity contribution in [2.24, 2.45) is 5.92 Å². The topological polar surface area (TPSA) is 68.0 Å². The van der Waals surface area contributed by atoms with Gasteiger partial charge in [-0.25, -0.2) is 4.98 Å². The lowest BCUT2D eigenvalue weighted by Gasteiger charge is -2.09. The molecule has 0 bridgehead atoms. The Bertz CT molecular complexity index is 338. The largest absolute Gasteiger partial charge is 0.384 e. The minimum Gasteiger partial charge on any atom is -0.384 e. The molecule has 4 nitrogen and oxygen atoms in total. The molecule has 4 heteroatoms. The molecule has 1 rings (SSSR count). The third kappa shape index (κ3) is 3.58. The SMILES string of the molecule is CCC(C)CNC(=O)c1cccc(N)n1. The molecule has 3 N–H and O–H groups in total. The Kier molecular flexibility index (Phi) is 4.09. The highest BCUT2D eigenvalue weighted by atomic mass is 16.1.